The van der Waals surface area contributed by atoms with E-state index >= 15 is 0 Å². The lowest BCUT2D eigenvalue weighted by Crippen LogP contribution is -2.29. The van der Waals surface area contributed by atoms with Gasteiger partial charge in [0.05, 0.1) is 18.8 Å². The molecule has 2 aromatic carbocycles. The zero-order chi connectivity index (χ0) is 21.0. The van der Waals surface area contributed by atoms with E-state index in [1.54, 1.807) is 0 Å². The van der Waals surface area contributed by atoms with E-state index in [0.717, 1.165) is 48.7 Å². The molecule has 6 heteroatoms. The van der Waals surface area contributed by atoms with Gasteiger partial charge in [0.1, 0.15) is 6.04 Å². The van der Waals surface area contributed by atoms with Crippen molar-refractivity contribution in [3.05, 3.63) is 78.0 Å². The van der Waals surface area contributed by atoms with Crippen molar-refractivity contribution >= 4 is 11.4 Å². The third kappa shape index (κ3) is 4.38. The van der Waals surface area contributed by atoms with Gasteiger partial charge in [-0.15, -0.1) is 0 Å². The number of pyridine rings is 1. The zero-order valence-corrected chi connectivity index (χ0v) is 17.7. The van der Waals surface area contributed by atoms with E-state index in [-0.39, 0.29) is 6.04 Å². The first-order chi connectivity index (χ1) is 15.3. The van der Waals surface area contributed by atoms with Gasteiger partial charge in [0.25, 0.3) is 0 Å². The number of nitrogens with two attached hydrogens (primary N) is 1. The monoisotopic (exact) mass is 412 g/mol. The summed E-state index contributed by atoms with van der Waals surface area (Å²) in [7, 11) is 0. The molecule has 1 fully saturated rings. The number of nitrogens with zero attached hydrogens (tertiary/aromatic N) is 5. The molecule has 1 atom stereocenters. The molecule has 1 unspecified atom stereocenters. The van der Waals surface area contributed by atoms with Crippen LogP contribution in [0.5, 0.6) is 0 Å². The van der Waals surface area contributed by atoms with Crippen LogP contribution in [-0.2, 0) is 6.54 Å². The molecule has 0 radical (unpaired) electrons. The van der Waals surface area contributed by atoms with Crippen LogP contribution < -0.4 is 10.6 Å². The Morgan fingerprint density at radius 2 is 1.77 bits per heavy atom. The number of benzene rings is 2. The van der Waals surface area contributed by atoms with Crippen LogP contribution in [0, 0.1) is 0 Å². The Balaban J connectivity index is 1.34. The zero-order valence-electron chi connectivity index (χ0n) is 17.7. The van der Waals surface area contributed by atoms with E-state index < -0.39 is 0 Å². The van der Waals surface area contributed by atoms with Crippen molar-refractivity contribution in [2.24, 2.45) is 10.3 Å². The van der Waals surface area contributed by atoms with Gasteiger partial charge in [0.15, 0.2) is 0 Å². The van der Waals surface area contributed by atoms with Crippen LogP contribution in [0.25, 0.3) is 11.3 Å². The second kappa shape index (κ2) is 8.76. The van der Waals surface area contributed by atoms with Crippen molar-refractivity contribution in [2.75, 3.05) is 30.3 Å². The average Bonchev–Trinajstić information content (AvgIpc) is 3.29. The molecule has 5 rings (SSSR count). The first kappa shape index (κ1) is 19.5. The first-order valence-electron chi connectivity index (χ1n) is 11.1. The highest BCUT2D eigenvalue weighted by atomic mass is 15.6. The first-order valence-corrected chi connectivity index (χ1v) is 11.1. The molecule has 158 valence electrons. The minimum absolute atomic E-state index is 0.0111. The molecule has 31 heavy (non-hydrogen) atoms. The second-order valence-corrected chi connectivity index (χ2v) is 8.35. The second-order valence-electron chi connectivity index (χ2n) is 8.35. The van der Waals surface area contributed by atoms with Crippen LogP contribution in [0.15, 0.2) is 77.2 Å². The van der Waals surface area contributed by atoms with E-state index in [1.807, 2.05) is 29.4 Å². The molecule has 0 bridgehead atoms. The Morgan fingerprint density at radius 1 is 0.935 bits per heavy atom. The van der Waals surface area contributed by atoms with E-state index in [2.05, 4.69) is 62.7 Å². The summed E-state index contributed by atoms with van der Waals surface area (Å²) in [4.78, 5) is 7.08. The van der Waals surface area contributed by atoms with Crippen molar-refractivity contribution < 1.29 is 0 Å². The number of anilines is 2. The van der Waals surface area contributed by atoms with Gasteiger partial charge < -0.3 is 10.6 Å². The van der Waals surface area contributed by atoms with Crippen LogP contribution in [0.4, 0.5) is 11.4 Å². The highest BCUT2D eigenvalue weighted by molar-refractivity contribution is 5.78. The smallest absolute Gasteiger partial charge is 0.117 e. The molecule has 1 aromatic heterocycles. The van der Waals surface area contributed by atoms with E-state index in [0.29, 0.717) is 0 Å². The summed E-state index contributed by atoms with van der Waals surface area (Å²) in [5, 5.41) is 10.9. The lowest BCUT2D eigenvalue weighted by atomic mass is 10.0. The Labute approximate surface area is 183 Å². The van der Waals surface area contributed by atoms with Crippen molar-refractivity contribution in [3.63, 3.8) is 0 Å². The fourth-order valence-corrected chi connectivity index (χ4v) is 4.39. The Bertz CT molecular complexity index is 1060. The van der Waals surface area contributed by atoms with Crippen LogP contribution in [-0.4, -0.2) is 29.6 Å². The van der Waals surface area contributed by atoms with Crippen molar-refractivity contribution in [2.45, 2.75) is 31.8 Å². The van der Waals surface area contributed by atoms with Crippen molar-refractivity contribution in [3.8, 4) is 11.3 Å². The topological polar surface area (TPSA) is 70.1 Å². The summed E-state index contributed by atoms with van der Waals surface area (Å²) in [6, 6.07) is 20.8. The third-order valence-electron chi connectivity index (χ3n) is 6.11. The molecule has 2 aliphatic rings. The Kier molecular flexibility index (Phi) is 5.52. The minimum atomic E-state index is 0.0111. The number of hydrogen-bond donors (Lipinski definition) is 1. The Morgan fingerprint density at radius 3 is 2.61 bits per heavy atom. The number of hydrogen-bond acceptors (Lipinski definition) is 6. The summed E-state index contributed by atoms with van der Waals surface area (Å²) >= 11 is 0. The molecule has 3 aromatic rings. The maximum Gasteiger partial charge on any atom is 0.117 e. The molecular formula is C25H28N6. The highest BCUT2D eigenvalue weighted by Gasteiger charge is 2.22. The largest absolute Gasteiger partial charge is 0.398 e. The van der Waals surface area contributed by atoms with Gasteiger partial charge in [0.2, 0.25) is 0 Å². The van der Waals surface area contributed by atoms with Crippen LogP contribution in [0.2, 0.25) is 0 Å². The number of nitrogen functional groups attached to an aromatic ring is 1. The minimum Gasteiger partial charge on any atom is -0.398 e. The lowest BCUT2D eigenvalue weighted by molar-refractivity contribution is 0.301. The van der Waals surface area contributed by atoms with E-state index in [9.17, 15) is 0 Å². The number of rotatable bonds is 5. The summed E-state index contributed by atoms with van der Waals surface area (Å²) < 4.78 is 0. The molecule has 2 aliphatic heterocycles. The van der Waals surface area contributed by atoms with Gasteiger partial charge in [0, 0.05) is 36.2 Å². The molecular weight excluding hydrogens is 384 g/mol. The predicted octanol–water partition coefficient (Wildman–Crippen LogP) is 5.25. The summed E-state index contributed by atoms with van der Waals surface area (Å²) in [6.07, 6.45) is 5.67. The maximum atomic E-state index is 6.35. The SMILES string of the molecule is Nc1ccc(N2CCCCC2)cc1-c1cc(C2CN(Cc3ccccc3)N=N2)ccn1. The third-order valence-corrected chi connectivity index (χ3v) is 6.11. The molecule has 0 amide bonds. The average molecular weight is 413 g/mol. The predicted molar refractivity (Wildman–Crippen MR) is 125 cm³/mol. The quantitative estimate of drug-likeness (QED) is 0.582. The van der Waals surface area contributed by atoms with E-state index in [4.69, 9.17) is 5.73 Å². The highest BCUT2D eigenvalue weighted by Crippen LogP contribution is 2.33. The fraction of sp³-hybridized carbons (Fsp3) is 0.320. The van der Waals surface area contributed by atoms with Gasteiger partial charge in [-0.2, -0.15) is 5.11 Å². The van der Waals surface area contributed by atoms with Gasteiger partial charge in [-0.1, -0.05) is 35.6 Å². The van der Waals surface area contributed by atoms with E-state index in [1.165, 1.54) is 30.5 Å². The summed E-state index contributed by atoms with van der Waals surface area (Å²) in [6.45, 7) is 3.75. The maximum absolute atomic E-state index is 6.35. The van der Waals surface area contributed by atoms with Crippen molar-refractivity contribution in [1.29, 1.82) is 0 Å². The van der Waals surface area contributed by atoms with Gasteiger partial charge in [-0.25, -0.2) is 0 Å². The molecule has 0 aliphatic carbocycles. The van der Waals surface area contributed by atoms with Crippen molar-refractivity contribution in [1.82, 2.24) is 9.99 Å². The number of aromatic nitrogens is 1. The molecule has 1 saturated heterocycles. The molecule has 0 spiro atoms. The normalized spacial score (nSPS) is 18.5. The molecule has 0 saturated carbocycles. The molecule has 2 N–H and O–H groups in total. The van der Waals surface area contributed by atoms with Crippen LogP contribution in [0.1, 0.15) is 36.4 Å². The van der Waals surface area contributed by atoms with Gasteiger partial charge >= 0.3 is 0 Å². The fourth-order valence-electron chi connectivity index (χ4n) is 4.39. The van der Waals surface area contributed by atoms with Crippen LogP contribution >= 0.6 is 0 Å². The lowest BCUT2D eigenvalue weighted by Gasteiger charge is -2.29. The standard InChI is InChI=1S/C25H28N6/c26-23-10-9-21(30-13-5-2-6-14-30)16-22(23)24-15-20(11-12-27-24)25-18-31(29-28-25)17-19-7-3-1-4-8-19/h1,3-4,7-12,15-16,25H,2,5-6,13-14,17-18,26H2. The van der Waals surface area contributed by atoms with Gasteiger partial charge in [-0.05, 0) is 60.7 Å². The van der Waals surface area contributed by atoms with Gasteiger partial charge in [-0.3, -0.25) is 9.99 Å². The molecule has 3 heterocycles. The summed E-state index contributed by atoms with van der Waals surface area (Å²) in [5.74, 6) is 0. The number of piperidine rings is 1. The van der Waals surface area contributed by atoms with Crippen LogP contribution in [0.3, 0.4) is 0 Å². The molecule has 6 nitrogen and oxygen atoms in total. The summed E-state index contributed by atoms with van der Waals surface area (Å²) in [5.41, 5.74) is 12.6. The Hall–Kier alpha value is -3.41.